The van der Waals surface area contributed by atoms with E-state index in [2.05, 4.69) is 9.71 Å². The van der Waals surface area contributed by atoms with Crippen molar-refractivity contribution in [2.75, 3.05) is 11.8 Å². The zero-order valence-corrected chi connectivity index (χ0v) is 14.5. The second kappa shape index (κ2) is 6.13. The van der Waals surface area contributed by atoms with E-state index < -0.39 is 10.0 Å². The Morgan fingerprint density at radius 2 is 1.71 bits per heavy atom. The molecule has 1 aromatic heterocycles. The first-order chi connectivity index (χ1) is 11.4. The van der Waals surface area contributed by atoms with Crippen LogP contribution in [-0.4, -0.2) is 20.5 Å². The van der Waals surface area contributed by atoms with Crippen LogP contribution in [0.3, 0.4) is 0 Å². The van der Waals surface area contributed by atoms with Crippen molar-refractivity contribution >= 4 is 26.6 Å². The molecule has 0 atom stereocenters. The van der Waals surface area contributed by atoms with Crippen LogP contribution in [0.2, 0.25) is 0 Å². The van der Waals surface area contributed by atoms with Gasteiger partial charge in [-0.2, -0.15) is 0 Å². The highest BCUT2D eigenvalue weighted by molar-refractivity contribution is 7.92. The number of pyridine rings is 1. The van der Waals surface area contributed by atoms with Gasteiger partial charge in [0.15, 0.2) is 0 Å². The molecule has 0 fully saturated rings. The molecule has 6 heteroatoms. The van der Waals surface area contributed by atoms with Gasteiger partial charge in [-0.3, -0.25) is 9.71 Å². The smallest absolute Gasteiger partial charge is 0.262 e. The van der Waals surface area contributed by atoms with Crippen LogP contribution in [0.4, 0.5) is 5.69 Å². The number of hydrogen-bond donors (Lipinski definition) is 1. The Morgan fingerprint density at radius 3 is 2.38 bits per heavy atom. The molecule has 0 bridgehead atoms. The molecule has 3 rings (SSSR count). The van der Waals surface area contributed by atoms with Crippen LogP contribution in [0.15, 0.2) is 53.6 Å². The third-order valence-corrected chi connectivity index (χ3v) is 5.47. The average molecular weight is 342 g/mol. The molecule has 5 nitrogen and oxygen atoms in total. The Kier molecular flexibility index (Phi) is 4.15. The van der Waals surface area contributed by atoms with Crippen molar-refractivity contribution in [3.8, 4) is 5.75 Å². The van der Waals surface area contributed by atoms with Crippen LogP contribution in [0.5, 0.6) is 5.75 Å². The van der Waals surface area contributed by atoms with Gasteiger partial charge in [0.1, 0.15) is 5.75 Å². The predicted octanol–water partition coefficient (Wildman–Crippen LogP) is 3.66. The van der Waals surface area contributed by atoms with Gasteiger partial charge in [0, 0.05) is 5.39 Å². The second-order valence-electron chi connectivity index (χ2n) is 5.61. The normalized spacial score (nSPS) is 11.5. The van der Waals surface area contributed by atoms with E-state index in [1.165, 1.54) is 6.20 Å². The number of anilines is 1. The first-order valence-corrected chi connectivity index (χ1v) is 8.92. The van der Waals surface area contributed by atoms with Gasteiger partial charge < -0.3 is 4.74 Å². The molecule has 3 aromatic rings. The van der Waals surface area contributed by atoms with Gasteiger partial charge in [-0.1, -0.05) is 18.2 Å². The number of ether oxygens (including phenoxy) is 1. The Morgan fingerprint density at radius 1 is 1.04 bits per heavy atom. The standard InChI is InChI=1S/C18H18N2O3S/c1-12-8-16(23-3)9-13(2)18(12)24(21,22)20-15-10-14-6-4-5-7-17(14)19-11-15/h4-11,20H,1-3H3. The summed E-state index contributed by atoms with van der Waals surface area (Å²) in [6.07, 6.45) is 1.52. The van der Waals surface area contributed by atoms with E-state index in [1.54, 1.807) is 39.2 Å². The lowest BCUT2D eigenvalue weighted by Crippen LogP contribution is -2.16. The number of fused-ring (bicyclic) bond motifs is 1. The highest BCUT2D eigenvalue weighted by atomic mass is 32.2. The lowest BCUT2D eigenvalue weighted by molar-refractivity contribution is 0.413. The molecule has 0 aliphatic rings. The van der Waals surface area contributed by atoms with Gasteiger partial charge in [-0.05, 0) is 49.2 Å². The fourth-order valence-electron chi connectivity index (χ4n) is 2.79. The van der Waals surface area contributed by atoms with Crippen molar-refractivity contribution in [2.24, 2.45) is 0 Å². The summed E-state index contributed by atoms with van der Waals surface area (Å²) in [6.45, 7) is 3.51. The first-order valence-electron chi connectivity index (χ1n) is 7.43. The van der Waals surface area contributed by atoms with E-state index in [4.69, 9.17) is 4.74 Å². The number of benzene rings is 2. The quantitative estimate of drug-likeness (QED) is 0.785. The van der Waals surface area contributed by atoms with Gasteiger partial charge >= 0.3 is 0 Å². The van der Waals surface area contributed by atoms with Gasteiger partial charge in [0.2, 0.25) is 0 Å². The summed E-state index contributed by atoms with van der Waals surface area (Å²) in [6, 6.07) is 12.7. The van der Waals surface area contributed by atoms with Crippen LogP contribution >= 0.6 is 0 Å². The van der Waals surface area contributed by atoms with E-state index in [-0.39, 0.29) is 4.90 Å². The SMILES string of the molecule is COc1cc(C)c(S(=O)(=O)Nc2cnc3ccccc3c2)c(C)c1. The van der Waals surface area contributed by atoms with Crippen molar-refractivity contribution in [1.29, 1.82) is 0 Å². The molecule has 0 radical (unpaired) electrons. The van der Waals surface area contributed by atoms with E-state index in [9.17, 15) is 8.42 Å². The fourth-order valence-corrected chi connectivity index (χ4v) is 4.27. The van der Waals surface area contributed by atoms with Gasteiger partial charge in [-0.15, -0.1) is 0 Å². The minimum Gasteiger partial charge on any atom is -0.497 e. The minimum atomic E-state index is -3.71. The van der Waals surface area contributed by atoms with Crippen molar-refractivity contribution < 1.29 is 13.2 Å². The highest BCUT2D eigenvalue weighted by Gasteiger charge is 2.21. The molecule has 2 aromatic carbocycles. The number of aryl methyl sites for hydroxylation is 2. The minimum absolute atomic E-state index is 0.261. The molecule has 0 aliphatic heterocycles. The fraction of sp³-hybridized carbons (Fsp3) is 0.167. The number of methoxy groups -OCH3 is 1. The summed E-state index contributed by atoms with van der Waals surface area (Å²) in [5.41, 5.74) is 2.52. The number of rotatable bonds is 4. The lowest BCUT2D eigenvalue weighted by Gasteiger charge is -2.14. The van der Waals surface area contributed by atoms with Gasteiger partial charge in [0.25, 0.3) is 10.0 Å². The molecule has 124 valence electrons. The number of aromatic nitrogens is 1. The van der Waals surface area contributed by atoms with E-state index in [1.807, 2.05) is 24.3 Å². The summed E-state index contributed by atoms with van der Waals surface area (Å²) < 4.78 is 33.4. The van der Waals surface area contributed by atoms with Crippen molar-refractivity contribution in [1.82, 2.24) is 4.98 Å². The molecule has 0 amide bonds. The molecular weight excluding hydrogens is 324 g/mol. The lowest BCUT2D eigenvalue weighted by atomic mass is 10.1. The molecule has 0 unspecified atom stereocenters. The molecule has 0 aliphatic carbocycles. The maximum absolute atomic E-state index is 12.8. The number of nitrogens with one attached hydrogen (secondary N) is 1. The molecule has 1 heterocycles. The third kappa shape index (κ3) is 3.05. The van der Waals surface area contributed by atoms with E-state index in [0.717, 1.165) is 10.9 Å². The molecule has 0 spiro atoms. The number of nitrogens with zero attached hydrogens (tertiary/aromatic N) is 1. The molecular formula is C18H18N2O3S. The largest absolute Gasteiger partial charge is 0.497 e. The summed E-state index contributed by atoms with van der Waals surface area (Å²) in [4.78, 5) is 4.54. The Bertz CT molecular complexity index is 991. The van der Waals surface area contributed by atoms with Crippen molar-refractivity contribution in [3.63, 3.8) is 0 Å². The van der Waals surface area contributed by atoms with E-state index >= 15 is 0 Å². The summed E-state index contributed by atoms with van der Waals surface area (Å²) in [5.74, 6) is 0.635. The topological polar surface area (TPSA) is 68.3 Å². The molecule has 24 heavy (non-hydrogen) atoms. The van der Waals surface area contributed by atoms with Crippen LogP contribution in [0.1, 0.15) is 11.1 Å². The van der Waals surface area contributed by atoms with Gasteiger partial charge in [-0.25, -0.2) is 8.42 Å². The Hall–Kier alpha value is -2.60. The predicted molar refractivity (Wildman–Crippen MR) is 95.0 cm³/mol. The molecule has 0 saturated heterocycles. The van der Waals surface area contributed by atoms with Crippen LogP contribution in [-0.2, 0) is 10.0 Å². The summed E-state index contributed by atoms with van der Waals surface area (Å²) >= 11 is 0. The zero-order valence-electron chi connectivity index (χ0n) is 13.7. The molecule has 1 N–H and O–H groups in total. The summed E-state index contributed by atoms with van der Waals surface area (Å²) in [7, 11) is -2.16. The highest BCUT2D eigenvalue weighted by Crippen LogP contribution is 2.27. The second-order valence-corrected chi connectivity index (χ2v) is 7.23. The van der Waals surface area contributed by atoms with Crippen molar-refractivity contribution in [3.05, 3.63) is 59.8 Å². The third-order valence-electron chi connectivity index (χ3n) is 3.78. The number of sulfonamides is 1. The van der Waals surface area contributed by atoms with Gasteiger partial charge in [0.05, 0.1) is 29.4 Å². The average Bonchev–Trinajstić information content (AvgIpc) is 2.53. The monoisotopic (exact) mass is 342 g/mol. The zero-order chi connectivity index (χ0) is 17.3. The van der Waals surface area contributed by atoms with Crippen molar-refractivity contribution in [2.45, 2.75) is 18.7 Å². The number of para-hydroxylation sites is 1. The first kappa shape index (κ1) is 16.3. The Labute approximate surface area is 141 Å². The van der Waals surface area contributed by atoms with E-state index in [0.29, 0.717) is 22.6 Å². The van der Waals surface area contributed by atoms with Crippen LogP contribution < -0.4 is 9.46 Å². The number of hydrogen-bond acceptors (Lipinski definition) is 4. The Balaban J connectivity index is 2.01. The van der Waals surface area contributed by atoms with Crippen LogP contribution in [0, 0.1) is 13.8 Å². The maximum Gasteiger partial charge on any atom is 0.262 e. The molecule has 0 saturated carbocycles. The summed E-state index contributed by atoms with van der Waals surface area (Å²) in [5, 5.41) is 0.876. The maximum atomic E-state index is 12.8. The van der Waals surface area contributed by atoms with Crippen LogP contribution in [0.25, 0.3) is 10.9 Å².